The zero-order valence-corrected chi connectivity index (χ0v) is 17.5. The van der Waals surface area contributed by atoms with E-state index in [1.807, 2.05) is 0 Å². The summed E-state index contributed by atoms with van der Waals surface area (Å²) in [4.78, 5) is 16.2. The molecule has 0 amide bonds. The average Bonchev–Trinajstić information content (AvgIpc) is 3.06. The fraction of sp³-hybridized carbons (Fsp3) is 0.350. The number of oxazole rings is 1. The number of hydrogen-bond donors (Lipinski definition) is 2. The SMILES string of the molecule is Cl.O=c1[nH]c2ccc(S(=O)(=O)NCCCCN3CCc4ccccc4C3)cc2o1. The molecule has 9 heteroatoms. The predicted octanol–water partition coefficient (Wildman–Crippen LogP) is 2.66. The lowest BCUT2D eigenvalue weighted by molar-refractivity contribution is 0.249. The fourth-order valence-electron chi connectivity index (χ4n) is 3.59. The van der Waals surface area contributed by atoms with Crippen LogP contribution in [0.3, 0.4) is 0 Å². The topological polar surface area (TPSA) is 95.4 Å². The van der Waals surface area contributed by atoms with E-state index < -0.39 is 15.8 Å². The lowest BCUT2D eigenvalue weighted by atomic mass is 10.00. The zero-order chi connectivity index (χ0) is 19.6. The lowest BCUT2D eigenvalue weighted by Gasteiger charge is -2.28. The number of nitrogens with one attached hydrogen (secondary N) is 2. The van der Waals surface area contributed by atoms with Crippen LogP contribution in [0, 0.1) is 0 Å². The third kappa shape index (κ3) is 5.08. The van der Waals surface area contributed by atoms with E-state index in [2.05, 4.69) is 38.9 Å². The first-order chi connectivity index (χ1) is 13.5. The molecular formula is C20H24ClN3O4S. The van der Waals surface area contributed by atoms with Gasteiger partial charge >= 0.3 is 5.76 Å². The van der Waals surface area contributed by atoms with Crippen LogP contribution in [0.15, 0.2) is 56.6 Å². The Balaban J connectivity index is 0.00000240. The summed E-state index contributed by atoms with van der Waals surface area (Å²) in [5.74, 6) is -0.599. The van der Waals surface area contributed by atoms with E-state index in [9.17, 15) is 13.2 Å². The van der Waals surface area contributed by atoms with Gasteiger partial charge in [0, 0.05) is 25.7 Å². The van der Waals surface area contributed by atoms with Gasteiger partial charge in [0.05, 0.1) is 10.4 Å². The molecule has 7 nitrogen and oxygen atoms in total. The van der Waals surface area contributed by atoms with E-state index in [1.54, 1.807) is 0 Å². The Morgan fingerprint density at radius 2 is 1.90 bits per heavy atom. The molecule has 1 aliphatic heterocycles. The Hall–Kier alpha value is -2.13. The van der Waals surface area contributed by atoms with Gasteiger partial charge in [-0.3, -0.25) is 9.88 Å². The number of aromatic amines is 1. The fourth-order valence-corrected chi connectivity index (χ4v) is 4.68. The summed E-state index contributed by atoms with van der Waals surface area (Å²) in [6, 6.07) is 12.9. The third-order valence-corrected chi connectivity index (χ3v) is 6.56. The Morgan fingerprint density at radius 1 is 1.10 bits per heavy atom. The highest BCUT2D eigenvalue weighted by Gasteiger charge is 2.17. The van der Waals surface area contributed by atoms with Gasteiger partial charge < -0.3 is 4.42 Å². The van der Waals surface area contributed by atoms with Crippen LogP contribution in [0.2, 0.25) is 0 Å². The van der Waals surface area contributed by atoms with Crippen molar-refractivity contribution in [3.05, 3.63) is 64.1 Å². The van der Waals surface area contributed by atoms with Gasteiger partial charge in [-0.15, -0.1) is 12.4 Å². The highest BCUT2D eigenvalue weighted by molar-refractivity contribution is 7.89. The molecule has 0 fully saturated rings. The first kappa shape index (κ1) is 21.6. The van der Waals surface area contributed by atoms with Crippen LogP contribution in [-0.4, -0.2) is 37.9 Å². The third-order valence-electron chi connectivity index (χ3n) is 5.11. The molecule has 4 rings (SSSR count). The summed E-state index contributed by atoms with van der Waals surface area (Å²) in [5.41, 5.74) is 3.54. The van der Waals surface area contributed by atoms with Gasteiger partial charge in [-0.05, 0) is 49.1 Å². The summed E-state index contributed by atoms with van der Waals surface area (Å²) < 4.78 is 32.4. The number of aromatic nitrogens is 1. The molecule has 2 aromatic carbocycles. The van der Waals surface area contributed by atoms with Gasteiger partial charge in [0.1, 0.15) is 0 Å². The lowest BCUT2D eigenvalue weighted by Crippen LogP contribution is -2.32. The molecule has 0 saturated heterocycles. The van der Waals surface area contributed by atoms with Gasteiger partial charge in [-0.25, -0.2) is 17.9 Å². The number of halogens is 1. The quantitative estimate of drug-likeness (QED) is 0.554. The molecule has 0 aliphatic carbocycles. The van der Waals surface area contributed by atoms with E-state index >= 15 is 0 Å². The van der Waals surface area contributed by atoms with Crippen LogP contribution < -0.4 is 10.5 Å². The van der Waals surface area contributed by atoms with Crippen molar-refractivity contribution in [1.82, 2.24) is 14.6 Å². The molecule has 0 saturated carbocycles. The molecule has 29 heavy (non-hydrogen) atoms. The second-order valence-electron chi connectivity index (χ2n) is 7.07. The number of benzene rings is 2. The van der Waals surface area contributed by atoms with Gasteiger partial charge in [0.2, 0.25) is 10.0 Å². The normalized spacial score (nSPS) is 14.5. The smallest absolute Gasteiger partial charge is 0.408 e. The summed E-state index contributed by atoms with van der Waals surface area (Å²) in [6.07, 6.45) is 2.76. The van der Waals surface area contributed by atoms with Crippen LogP contribution in [0.4, 0.5) is 0 Å². The second kappa shape index (κ2) is 9.13. The van der Waals surface area contributed by atoms with Gasteiger partial charge in [0.15, 0.2) is 5.58 Å². The van der Waals surface area contributed by atoms with Crippen molar-refractivity contribution in [2.75, 3.05) is 19.6 Å². The van der Waals surface area contributed by atoms with Gasteiger partial charge in [-0.2, -0.15) is 0 Å². The molecule has 1 aromatic heterocycles. The number of H-pyrrole nitrogens is 1. The molecule has 0 radical (unpaired) electrons. The first-order valence-electron chi connectivity index (χ1n) is 9.43. The van der Waals surface area contributed by atoms with E-state index in [1.165, 1.54) is 29.3 Å². The molecule has 0 spiro atoms. The second-order valence-corrected chi connectivity index (χ2v) is 8.84. The van der Waals surface area contributed by atoms with Crippen LogP contribution in [0.25, 0.3) is 11.1 Å². The number of unbranched alkanes of at least 4 members (excludes halogenated alkanes) is 1. The van der Waals surface area contributed by atoms with Crippen molar-refractivity contribution in [2.24, 2.45) is 0 Å². The maximum Gasteiger partial charge on any atom is 0.417 e. The molecule has 2 N–H and O–H groups in total. The Morgan fingerprint density at radius 3 is 2.72 bits per heavy atom. The minimum Gasteiger partial charge on any atom is -0.408 e. The number of rotatable bonds is 7. The standard InChI is InChI=1S/C20H23N3O4S.ClH/c24-20-22-18-8-7-17(13-19(18)27-20)28(25,26)21-10-3-4-11-23-12-9-15-5-1-2-6-16(15)14-23;/h1-2,5-8,13,21H,3-4,9-12,14H2,(H,22,24);1H. The number of nitrogens with zero attached hydrogens (tertiary/aromatic N) is 1. The summed E-state index contributed by atoms with van der Waals surface area (Å²) in [7, 11) is -3.63. The minimum atomic E-state index is -3.63. The maximum absolute atomic E-state index is 12.4. The van der Waals surface area contributed by atoms with Crippen molar-refractivity contribution in [2.45, 2.75) is 30.7 Å². The van der Waals surface area contributed by atoms with Crippen molar-refractivity contribution < 1.29 is 12.8 Å². The van der Waals surface area contributed by atoms with E-state index in [0.29, 0.717) is 12.1 Å². The largest absolute Gasteiger partial charge is 0.417 e. The van der Waals surface area contributed by atoms with Crippen molar-refractivity contribution in [1.29, 1.82) is 0 Å². The number of hydrogen-bond acceptors (Lipinski definition) is 5. The summed E-state index contributed by atoms with van der Waals surface area (Å²) in [6.45, 7) is 3.34. The van der Waals surface area contributed by atoms with Crippen LogP contribution >= 0.6 is 12.4 Å². The number of sulfonamides is 1. The molecule has 3 aromatic rings. The molecule has 156 valence electrons. The van der Waals surface area contributed by atoms with Crippen LogP contribution in [-0.2, 0) is 23.0 Å². The van der Waals surface area contributed by atoms with Crippen molar-refractivity contribution in [3.8, 4) is 0 Å². The Labute approximate surface area is 175 Å². The first-order valence-corrected chi connectivity index (χ1v) is 10.9. The molecule has 2 heterocycles. The molecular weight excluding hydrogens is 414 g/mol. The molecule has 0 bridgehead atoms. The zero-order valence-electron chi connectivity index (χ0n) is 15.9. The summed E-state index contributed by atoms with van der Waals surface area (Å²) in [5, 5.41) is 0. The molecule has 0 atom stereocenters. The van der Waals surface area contributed by atoms with E-state index in [0.717, 1.165) is 38.9 Å². The van der Waals surface area contributed by atoms with Crippen LogP contribution in [0.1, 0.15) is 24.0 Å². The van der Waals surface area contributed by atoms with Crippen LogP contribution in [0.5, 0.6) is 0 Å². The van der Waals surface area contributed by atoms with E-state index in [4.69, 9.17) is 4.42 Å². The monoisotopic (exact) mass is 437 g/mol. The predicted molar refractivity (Wildman–Crippen MR) is 114 cm³/mol. The average molecular weight is 438 g/mol. The van der Waals surface area contributed by atoms with Gasteiger partial charge in [-0.1, -0.05) is 24.3 Å². The number of fused-ring (bicyclic) bond motifs is 2. The Kier molecular flexibility index (Phi) is 6.79. The molecule has 1 aliphatic rings. The van der Waals surface area contributed by atoms with Crippen molar-refractivity contribution in [3.63, 3.8) is 0 Å². The maximum atomic E-state index is 12.4. The highest BCUT2D eigenvalue weighted by atomic mass is 35.5. The summed E-state index contributed by atoms with van der Waals surface area (Å²) >= 11 is 0. The Bertz CT molecular complexity index is 1140. The van der Waals surface area contributed by atoms with Gasteiger partial charge in [0.25, 0.3) is 0 Å². The molecule has 0 unspecified atom stereocenters. The minimum absolute atomic E-state index is 0. The van der Waals surface area contributed by atoms with E-state index in [-0.39, 0.29) is 22.9 Å². The highest BCUT2D eigenvalue weighted by Crippen LogP contribution is 2.19. The van der Waals surface area contributed by atoms with Crippen molar-refractivity contribution >= 4 is 33.5 Å².